The van der Waals surface area contributed by atoms with E-state index in [1.165, 1.54) is 4.70 Å². The van der Waals surface area contributed by atoms with Gasteiger partial charge in [-0.25, -0.2) is 4.98 Å². The molecular formula is C15H13N3OS. The van der Waals surface area contributed by atoms with Crippen LogP contribution in [0.15, 0.2) is 48.5 Å². The summed E-state index contributed by atoms with van der Waals surface area (Å²) in [6, 6.07) is 15.3. The number of carbonyl (C=O) groups excluding carboxylic acids is 1. The number of fused-ring (bicyclic) bond motifs is 1. The third kappa shape index (κ3) is 2.62. The van der Waals surface area contributed by atoms with E-state index >= 15 is 0 Å². The monoisotopic (exact) mass is 283 g/mol. The highest BCUT2D eigenvalue weighted by molar-refractivity contribution is 7.22. The Bertz CT molecular complexity index is 716. The van der Waals surface area contributed by atoms with Crippen molar-refractivity contribution < 1.29 is 4.79 Å². The number of nitrogens with two attached hydrogens (primary N) is 1. The second kappa shape index (κ2) is 5.30. The molecule has 3 rings (SSSR count). The predicted octanol–water partition coefficient (Wildman–Crippen LogP) is 3.01. The third-order valence-corrected chi connectivity index (χ3v) is 3.97. The van der Waals surface area contributed by atoms with E-state index in [-0.39, 0.29) is 0 Å². The van der Waals surface area contributed by atoms with E-state index < -0.39 is 5.91 Å². The first-order valence-corrected chi connectivity index (χ1v) is 7.02. The number of nitrogens with zero attached hydrogens (tertiary/aromatic N) is 1. The van der Waals surface area contributed by atoms with Crippen LogP contribution in [0.1, 0.15) is 15.9 Å². The van der Waals surface area contributed by atoms with Crippen LogP contribution in [0.25, 0.3) is 10.2 Å². The second-order valence-electron chi connectivity index (χ2n) is 4.40. The van der Waals surface area contributed by atoms with Crippen LogP contribution in [0.3, 0.4) is 0 Å². The lowest BCUT2D eigenvalue weighted by molar-refractivity contribution is 0.100. The lowest BCUT2D eigenvalue weighted by Crippen LogP contribution is -2.10. The zero-order valence-electron chi connectivity index (χ0n) is 10.7. The van der Waals surface area contributed by atoms with Crippen LogP contribution in [0.5, 0.6) is 0 Å². The third-order valence-electron chi connectivity index (χ3n) is 2.98. The van der Waals surface area contributed by atoms with E-state index in [0.29, 0.717) is 12.1 Å². The Labute approximate surface area is 120 Å². The van der Waals surface area contributed by atoms with Crippen molar-refractivity contribution in [1.29, 1.82) is 0 Å². The van der Waals surface area contributed by atoms with Crippen molar-refractivity contribution in [3.05, 3.63) is 59.7 Å². The first kappa shape index (κ1) is 12.6. The molecule has 20 heavy (non-hydrogen) atoms. The van der Waals surface area contributed by atoms with Crippen molar-refractivity contribution in [2.75, 3.05) is 5.32 Å². The molecule has 0 aliphatic heterocycles. The van der Waals surface area contributed by atoms with Crippen LogP contribution in [0, 0.1) is 0 Å². The molecule has 0 unspecified atom stereocenters. The van der Waals surface area contributed by atoms with Crippen molar-refractivity contribution in [2.24, 2.45) is 5.73 Å². The Morgan fingerprint density at radius 1 is 1.15 bits per heavy atom. The van der Waals surface area contributed by atoms with Crippen molar-refractivity contribution in [1.82, 2.24) is 4.98 Å². The first-order chi connectivity index (χ1) is 9.72. The van der Waals surface area contributed by atoms with Crippen molar-refractivity contribution in [2.45, 2.75) is 6.54 Å². The van der Waals surface area contributed by atoms with Crippen LogP contribution in [-0.2, 0) is 6.54 Å². The van der Waals surface area contributed by atoms with Crippen LogP contribution < -0.4 is 11.1 Å². The SMILES string of the molecule is NC(=O)c1ccc(CNc2nc3ccccc3s2)cc1. The van der Waals surface area contributed by atoms with Crippen molar-refractivity contribution >= 4 is 32.6 Å². The molecular weight excluding hydrogens is 270 g/mol. The molecule has 0 aliphatic rings. The number of rotatable bonds is 4. The van der Waals surface area contributed by atoms with E-state index in [1.807, 2.05) is 30.3 Å². The van der Waals surface area contributed by atoms with E-state index in [0.717, 1.165) is 16.2 Å². The molecule has 2 aromatic carbocycles. The van der Waals surface area contributed by atoms with Crippen molar-refractivity contribution in [3.8, 4) is 0 Å². The molecule has 0 spiro atoms. The molecule has 3 N–H and O–H groups in total. The van der Waals surface area contributed by atoms with Gasteiger partial charge in [-0.05, 0) is 29.8 Å². The lowest BCUT2D eigenvalue weighted by atomic mass is 10.1. The standard InChI is InChI=1S/C15H13N3OS/c16-14(19)11-7-5-10(6-8-11)9-17-15-18-12-3-1-2-4-13(12)20-15/h1-8H,9H2,(H2,16,19)(H,17,18). The molecule has 0 aliphatic carbocycles. The summed E-state index contributed by atoms with van der Waals surface area (Å²) in [5.74, 6) is -0.407. The fourth-order valence-electron chi connectivity index (χ4n) is 1.91. The van der Waals surface area contributed by atoms with Gasteiger partial charge in [0.05, 0.1) is 10.2 Å². The topological polar surface area (TPSA) is 68.0 Å². The minimum atomic E-state index is -0.407. The van der Waals surface area contributed by atoms with Gasteiger partial charge >= 0.3 is 0 Å². The number of nitrogens with one attached hydrogen (secondary N) is 1. The number of benzene rings is 2. The summed E-state index contributed by atoms with van der Waals surface area (Å²) in [5, 5.41) is 4.18. The van der Waals surface area contributed by atoms with Gasteiger partial charge in [-0.15, -0.1) is 0 Å². The molecule has 100 valence electrons. The van der Waals surface area contributed by atoms with Gasteiger partial charge in [-0.2, -0.15) is 0 Å². The highest BCUT2D eigenvalue weighted by atomic mass is 32.1. The first-order valence-electron chi connectivity index (χ1n) is 6.20. The Hall–Kier alpha value is -2.40. The normalized spacial score (nSPS) is 10.6. The van der Waals surface area contributed by atoms with Gasteiger partial charge in [-0.1, -0.05) is 35.6 Å². The number of thiazole rings is 1. The molecule has 1 heterocycles. The smallest absolute Gasteiger partial charge is 0.248 e. The number of hydrogen-bond donors (Lipinski definition) is 2. The maximum absolute atomic E-state index is 11.0. The zero-order chi connectivity index (χ0) is 13.9. The van der Waals surface area contributed by atoms with E-state index in [2.05, 4.69) is 16.4 Å². The molecule has 3 aromatic rings. The number of anilines is 1. The van der Waals surface area contributed by atoms with Crippen molar-refractivity contribution in [3.63, 3.8) is 0 Å². The molecule has 0 atom stereocenters. The molecule has 0 bridgehead atoms. The molecule has 0 radical (unpaired) electrons. The minimum Gasteiger partial charge on any atom is -0.366 e. The highest BCUT2D eigenvalue weighted by Crippen LogP contribution is 2.25. The van der Waals surface area contributed by atoms with Gasteiger partial charge in [0.15, 0.2) is 5.13 Å². The predicted molar refractivity (Wildman–Crippen MR) is 81.9 cm³/mol. The van der Waals surface area contributed by atoms with Gasteiger partial charge in [0.25, 0.3) is 0 Å². The maximum Gasteiger partial charge on any atom is 0.248 e. The lowest BCUT2D eigenvalue weighted by Gasteiger charge is -2.03. The average Bonchev–Trinajstić information content (AvgIpc) is 2.88. The average molecular weight is 283 g/mol. The van der Waals surface area contributed by atoms with Crippen LogP contribution in [-0.4, -0.2) is 10.9 Å². The number of aromatic nitrogens is 1. The van der Waals surface area contributed by atoms with Crippen LogP contribution in [0.2, 0.25) is 0 Å². The fourth-order valence-corrected chi connectivity index (χ4v) is 2.77. The number of para-hydroxylation sites is 1. The number of primary amides is 1. The molecule has 5 heteroatoms. The Morgan fingerprint density at radius 3 is 2.60 bits per heavy atom. The summed E-state index contributed by atoms with van der Waals surface area (Å²) >= 11 is 1.63. The van der Waals surface area contributed by atoms with Crippen LogP contribution >= 0.6 is 11.3 Å². The molecule has 0 fully saturated rings. The van der Waals surface area contributed by atoms with E-state index in [1.54, 1.807) is 23.5 Å². The number of hydrogen-bond acceptors (Lipinski definition) is 4. The summed E-state index contributed by atoms with van der Waals surface area (Å²) in [6.45, 7) is 0.666. The van der Waals surface area contributed by atoms with Gasteiger partial charge in [0, 0.05) is 12.1 Å². The quantitative estimate of drug-likeness (QED) is 0.773. The summed E-state index contributed by atoms with van der Waals surface area (Å²) in [5.41, 5.74) is 7.81. The second-order valence-corrected chi connectivity index (χ2v) is 5.43. The molecule has 4 nitrogen and oxygen atoms in total. The Kier molecular flexibility index (Phi) is 3.35. The maximum atomic E-state index is 11.0. The zero-order valence-corrected chi connectivity index (χ0v) is 11.5. The summed E-state index contributed by atoms with van der Waals surface area (Å²) in [4.78, 5) is 15.5. The Morgan fingerprint density at radius 2 is 1.90 bits per heavy atom. The Balaban J connectivity index is 1.71. The fraction of sp³-hybridized carbons (Fsp3) is 0.0667. The number of carbonyl (C=O) groups is 1. The van der Waals surface area contributed by atoms with Crippen LogP contribution in [0.4, 0.5) is 5.13 Å². The van der Waals surface area contributed by atoms with Gasteiger partial charge < -0.3 is 11.1 Å². The van der Waals surface area contributed by atoms with Gasteiger partial charge in [0.1, 0.15) is 0 Å². The van der Waals surface area contributed by atoms with E-state index in [9.17, 15) is 4.79 Å². The van der Waals surface area contributed by atoms with Gasteiger partial charge in [-0.3, -0.25) is 4.79 Å². The summed E-state index contributed by atoms with van der Waals surface area (Å²) in [7, 11) is 0. The minimum absolute atomic E-state index is 0.407. The van der Waals surface area contributed by atoms with Gasteiger partial charge in [0.2, 0.25) is 5.91 Å². The summed E-state index contributed by atoms with van der Waals surface area (Å²) < 4.78 is 1.17. The number of amides is 1. The molecule has 1 amide bonds. The highest BCUT2D eigenvalue weighted by Gasteiger charge is 2.03. The summed E-state index contributed by atoms with van der Waals surface area (Å²) in [6.07, 6.45) is 0. The molecule has 1 aromatic heterocycles. The van der Waals surface area contributed by atoms with E-state index in [4.69, 9.17) is 5.73 Å². The molecule has 0 saturated carbocycles. The largest absolute Gasteiger partial charge is 0.366 e. The molecule has 0 saturated heterocycles.